The van der Waals surface area contributed by atoms with Gasteiger partial charge in [0, 0.05) is 42.3 Å². The molecule has 3 heteroatoms. The van der Waals surface area contributed by atoms with Gasteiger partial charge >= 0.3 is 0 Å². The van der Waals surface area contributed by atoms with Gasteiger partial charge in [-0.2, -0.15) is 0 Å². The maximum absolute atomic E-state index is 5.42. The lowest BCUT2D eigenvalue weighted by atomic mass is 9.74. The molecule has 2 nitrogen and oxygen atoms in total. The molecule has 0 aliphatic heterocycles. The van der Waals surface area contributed by atoms with Crippen LogP contribution in [0.15, 0.2) is 224 Å². The van der Waals surface area contributed by atoms with E-state index in [0.29, 0.717) is 5.82 Å². The first-order chi connectivity index (χ1) is 31.1. The number of rotatable bonds is 7. The fourth-order valence-electron chi connectivity index (χ4n) is 9.86. The molecular weight excluding hydrogens is 781 g/mol. The molecule has 12 rings (SSSR count). The maximum atomic E-state index is 5.42. The van der Waals surface area contributed by atoms with Crippen LogP contribution in [0, 0.1) is 0 Å². The van der Waals surface area contributed by atoms with Crippen molar-refractivity contribution < 1.29 is 0 Å². The Labute approximate surface area is 371 Å². The number of hydrogen-bond acceptors (Lipinski definition) is 3. The summed E-state index contributed by atoms with van der Waals surface area (Å²) in [4.78, 5) is 10.8. The molecule has 2 aromatic heterocycles. The van der Waals surface area contributed by atoms with Crippen LogP contribution in [0.4, 0.5) is 0 Å². The Hall–Kier alpha value is -7.72. The number of fused-ring (bicyclic) bond motifs is 6. The fourth-order valence-corrected chi connectivity index (χ4v) is 11.1. The second-order valence-corrected chi connectivity index (χ2v) is 17.7. The van der Waals surface area contributed by atoms with E-state index in [0.717, 1.165) is 39.2 Å². The van der Waals surface area contributed by atoms with E-state index in [2.05, 4.69) is 225 Å². The van der Waals surface area contributed by atoms with E-state index in [4.69, 9.17) is 9.97 Å². The van der Waals surface area contributed by atoms with Crippen LogP contribution in [0.25, 0.3) is 98.6 Å². The maximum Gasteiger partial charge on any atom is 0.160 e. The molecule has 1 aliphatic rings. The third kappa shape index (κ3) is 6.23. The van der Waals surface area contributed by atoms with E-state index >= 15 is 0 Å². The Morgan fingerprint density at radius 1 is 0.349 bits per heavy atom. The Morgan fingerprint density at radius 3 is 1.65 bits per heavy atom. The average molecular weight is 821 g/mol. The van der Waals surface area contributed by atoms with Crippen molar-refractivity contribution in [2.45, 2.75) is 12.3 Å². The van der Waals surface area contributed by atoms with E-state index in [1.165, 1.54) is 70.2 Å². The van der Waals surface area contributed by atoms with Crippen molar-refractivity contribution in [1.82, 2.24) is 9.97 Å². The van der Waals surface area contributed by atoms with Gasteiger partial charge in [0.05, 0.1) is 11.4 Å². The summed E-state index contributed by atoms with van der Waals surface area (Å²) in [7, 11) is 0. The highest BCUT2D eigenvalue weighted by atomic mass is 32.1. The second-order valence-electron chi connectivity index (χ2n) is 16.6. The van der Waals surface area contributed by atoms with Crippen LogP contribution >= 0.6 is 11.3 Å². The number of aromatic nitrogens is 2. The van der Waals surface area contributed by atoms with Gasteiger partial charge in [0.1, 0.15) is 0 Å². The molecule has 1 atom stereocenters. The molecule has 0 spiro atoms. The van der Waals surface area contributed by atoms with Crippen LogP contribution in [0.3, 0.4) is 0 Å². The smallest absolute Gasteiger partial charge is 0.160 e. The molecule has 0 saturated heterocycles. The normalized spacial score (nSPS) is 14.2. The highest BCUT2D eigenvalue weighted by Crippen LogP contribution is 2.53. The summed E-state index contributed by atoms with van der Waals surface area (Å²) in [6.07, 6.45) is 0. The van der Waals surface area contributed by atoms with Crippen LogP contribution in [0.5, 0.6) is 0 Å². The van der Waals surface area contributed by atoms with Crippen molar-refractivity contribution in [3.05, 3.63) is 241 Å². The average Bonchev–Trinajstić information content (AvgIpc) is 3.87. The van der Waals surface area contributed by atoms with Gasteiger partial charge in [0.15, 0.2) is 5.82 Å². The van der Waals surface area contributed by atoms with Gasteiger partial charge < -0.3 is 0 Å². The number of thiophene rings is 1. The van der Waals surface area contributed by atoms with Crippen molar-refractivity contribution in [2.75, 3.05) is 0 Å². The molecule has 0 fully saturated rings. The molecule has 9 aromatic carbocycles. The zero-order valence-electron chi connectivity index (χ0n) is 34.7. The predicted octanol–water partition coefficient (Wildman–Crippen LogP) is 16.2. The van der Waals surface area contributed by atoms with Crippen molar-refractivity contribution >= 4 is 31.5 Å². The van der Waals surface area contributed by atoms with Crippen LogP contribution in [0.1, 0.15) is 23.6 Å². The van der Waals surface area contributed by atoms with Crippen molar-refractivity contribution in [1.29, 1.82) is 0 Å². The zero-order chi connectivity index (χ0) is 41.9. The minimum absolute atomic E-state index is 0.329. The molecule has 0 saturated carbocycles. The summed E-state index contributed by atoms with van der Waals surface area (Å²) in [6.45, 7) is 2.37. The molecule has 2 heterocycles. The third-order valence-electron chi connectivity index (χ3n) is 13.0. The number of benzene rings is 9. The monoisotopic (exact) mass is 820 g/mol. The lowest BCUT2D eigenvalue weighted by Gasteiger charge is -2.28. The summed E-state index contributed by atoms with van der Waals surface area (Å²) >= 11 is 1.86. The molecule has 0 bridgehead atoms. The Bertz CT molecular complexity index is 3520. The molecule has 1 unspecified atom stereocenters. The first kappa shape index (κ1) is 37.1. The van der Waals surface area contributed by atoms with E-state index in [1.807, 2.05) is 17.4 Å². The van der Waals surface area contributed by atoms with Gasteiger partial charge in [0.2, 0.25) is 0 Å². The quantitative estimate of drug-likeness (QED) is 0.160. The first-order valence-electron chi connectivity index (χ1n) is 21.6. The fraction of sp³-hybridized carbons (Fsp3) is 0.0333. The molecule has 296 valence electrons. The molecule has 0 radical (unpaired) electrons. The Balaban J connectivity index is 1.09. The van der Waals surface area contributed by atoms with Crippen LogP contribution in [-0.2, 0) is 5.41 Å². The molecule has 63 heavy (non-hydrogen) atoms. The SMILES string of the molecule is CC1(c2ccccc2)c2ccccc2-c2ccc(-c3cc(-c4cc(-c5ccccc5-c5ccccc5)cc(-c5cccc6c5sc5ccccc56)c4)nc(-c4ccccc4)n3)cc21. The van der Waals surface area contributed by atoms with E-state index in [9.17, 15) is 0 Å². The Morgan fingerprint density at radius 2 is 0.889 bits per heavy atom. The molecule has 0 amide bonds. The van der Waals surface area contributed by atoms with Gasteiger partial charge in [-0.1, -0.05) is 188 Å². The van der Waals surface area contributed by atoms with E-state index < -0.39 is 0 Å². The minimum atomic E-state index is -0.329. The number of hydrogen-bond donors (Lipinski definition) is 0. The van der Waals surface area contributed by atoms with Crippen molar-refractivity contribution in [2.24, 2.45) is 0 Å². The lowest BCUT2D eigenvalue weighted by Crippen LogP contribution is -2.22. The molecule has 1 aliphatic carbocycles. The van der Waals surface area contributed by atoms with Crippen molar-refractivity contribution in [3.63, 3.8) is 0 Å². The van der Waals surface area contributed by atoms with E-state index in [1.54, 1.807) is 0 Å². The molecule has 11 aromatic rings. The Kier molecular flexibility index (Phi) is 8.84. The minimum Gasteiger partial charge on any atom is -0.228 e. The zero-order valence-corrected chi connectivity index (χ0v) is 35.5. The van der Waals surface area contributed by atoms with Crippen LogP contribution < -0.4 is 0 Å². The van der Waals surface area contributed by atoms with Gasteiger partial charge in [0.25, 0.3) is 0 Å². The predicted molar refractivity (Wildman–Crippen MR) is 265 cm³/mol. The summed E-state index contributed by atoms with van der Waals surface area (Å²) in [6, 6.07) is 81.2. The summed E-state index contributed by atoms with van der Waals surface area (Å²) in [5.74, 6) is 0.695. The largest absolute Gasteiger partial charge is 0.228 e. The third-order valence-corrected chi connectivity index (χ3v) is 14.2. The second kappa shape index (κ2) is 15.0. The summed E-state index contributed by atoms with van der Waals surface area (Å²) in [5.41, 5.74) is 18.0. The highest BCUT2D eigenvalue weighted by Gasteiger charge is 2.40. The van der Waals surface area contributed by atoms with E-state index in [-0.39, 0.29) is 5.41 Å². The first-order valence-corrected chi connectivity index (χ1v) is 22.4. The van der Waals surface area contributed by atoms with Crippen LogP contribution in [-0.4, -0.2) is 9.97 Å². The summed E-state index contributed by atoms with van der Waals surface area (Å²) in [5, 5.41) is 2.57. The summed E-state index contributed by atoms with van der Waals surface area (Å²) < 4.78 is 2.58. The topological polar surface area (TPSA) is 25.8 Å². The lowest BCUT2D eigenvalue weighted by molar-refractivity contribution is 0.714. The van der Waals surface area contributed by atoms with Gasteiger partial charge in [-0.05, 0) is 105 Å². The van der Waals surface area contributed by atoms with Gasteiger partial charge in [-0.15, -0.1) is 11.3 Å². The molecule has 0 N–H and O–H groups in total. The van der Waals surface area contributed by atoms with Gasteiger partial charge in [-0.3, -0.25) is 0 Å². The highest BCUT2D eigenvalue weighted by molar-refractivity contribution is 7.26. The standard InChI is InChI=1S/C60H40N2S/c1-60(45-22-9-4-10-23-45)53-30-15-13-26-49(53)50-33-32-41(37-54(50)60)55-38-56(62-59(61-55)40-20-7-3-8-21-40)44-35-42(47-25-12-11-24-46(47)39-18-5-2-6-19-39)34-43(36-44)48-28-17-29-52-51-27-14-16-31-57(51)63-58(48)52/h2-38H,1H3. The van der Waals surface area contributed by atoms with Gasteiger partial charge in [-0.25, -0.2) is 9.97 Å². The van der Waals surface area contributed by atoms with Crippen LogP contribution in [0.2, 0.25) is 0 Å². The molecular formula is C60H40N2S. The van der Waals surface area contributed by atoms with Crippen molar-refractivity contribution in [3.8, 4) is 78.4 Å². The number of nitrogens with zero attached hydrogens (tertiary/aromatic N) is 2.